The molecule has 0 radical (unpaired) electrons. The number of rotatable bonds is 1. The van der Waals surface area contributed by atoms with Gasteiger partial charge in [-0.2, -0.15) is 5.10 Å². The fourth-order valence-electron chi connectivity index (χ4n) is 2.22. The molecule has 1 saturated heterocycles. The monoisotopic (exact) mass is 245 g/mol. The minimum atomic E-state index is -0.120. The Kier molecular flexibility index (Phi) is 2.76. The van der Waals surface area contributed by atoms with Crippen LogP contribution in [0.25, 0.3) is 0 Å². The first-order valence-electron chi connectivity index (χ1n) is 6.08. The van der Waals surface area contributed by atoms with Gasteiger partial charge in [-0.15, -0.1) is 0 Å². The lowest BCUT2D eigenvalue weighted by atomic mass is 10.1. The third kappa shape index (κ3) is 1.86. The molecular weight excluding hydrogens is 230 g/mol. The molecule has 0 unspecified atom stereocenters. The summed E-state index contributed by atoms with van der Waals surface area (Å²) in [6.45, 7) is 4.78. The third-order valence-electron chi connectivity index (χ3n) is 3.21. The van der Waals surface area contributed by atoms with Crippen LogP contribution in [0.1, 0.15) is 11.1 Å². The lowest BCUT2D eigenvalue weighted by molar-refractivity contribution is -0.110. The number of aryl methyl sites for hydroxylation is 1. The molecule has 0 atom stereocenters. The Labute approximate surface area is 105 Å². The summed E-state index contributed by atoms with van der Waals surface area (Å²) in [4.78, 5) is 12.0. The second kappa shape index (κ2) is 4.42. The Hall–Kier alpha value is -1.88. The molecule has 0 aliphatic carbocycles. The van der Waals surface area contributed by atoms with E-state index in [1.54, 1.807) is 0 Å². The first kappa shape index (κ1) is 11.2. The molecule has 0 bridgehead atoms. The van der Waals surface area contributed by atoms with Gasteiger partial charge in [0.25, 0.3) is 5.91 Å². The second-order valence-electron chi connectivity index (χ2n) is 4.47. The van der Waals surface area contributed by atoms with Gasteiger partial charge in [-0.25, -0.2) is 0 Å². The number of nitrogens with zero attached hydrogens (tertiary/aromatic N) is 2. The summed E-state index contributed by atoms with van der Waals surface area (Å²) in [7, 11) is 0. The van der Waals surface area contributed by atoms with E-state index in [9.17, 15) is 4.79 Å². The molecule has 0 spiro atoms. The highest BCUT2D eigenvalue weighted by atomic mass is 16.5. The summed E-state index contributed by atoms with van der Waals surface area (Å²) in [5, 5.41) is 9.23. The van der Waals surface area contributed by atoms with E-state index in [1.807, 2.05) is 30.1 Å². The highest BCUT2D eigenvalue weighted by Crippen LogP contribution is 2.27. The van der Waals surface area contributed by atoms with E-state index < -0.39 is 0 Å². The van der Waals surface area contributed by atoms with Crippen LogP contribution >= 0.6 is 0 Å². The summed E-state index contributed by atoms with van der Waals surface area (Å²) in [6, 6.07) is 5.86. The van der Waals surface area contributed by atoms with Gasteiger partial charge in [0, 0.05) is 5.56 Å². The van der Waals surface area contributed by atoms with Crippen molar-refractivity contribution < 1.29 is 9.53 Å². The number of fused-ring (bicyclic) bond motifs is 1. The zero-order chi connectivity index (χ0) is 12.5. The van der Waals surface area contributed by atoms with Crippen molar-refractivity contribution in [2.75, 3.05) is 31.6 Å². The number of para-hydroxylation sites is 1. The molecule has 0 aromatic heterocycles. The van der Waals surface area contributed by atoms with Crippen LogP contribution in [0.5, 0.6) is 0 Å². The molecule has 2 aliphatic rings. The van der Waals surface area contributed by atoms with Crippen molar-refractivity contribution in [2.24, 2.45) is 5.10 Å². The lowest BCUT2D eigenvalue weighted by Gasteiger charge is -2.24. The fourth-order valence-corrected chi connectivity index (χ4v) is 2.22. The van der Waals surface area contributed by atoms with E-state index in [0.29, 0.717) is 18.9 Å². The van der Waals surface area contributed by atoms with Gasteiger partial charge in [0.1, 0.15) is 0 Å². The van der Waals surface area contributed by atoms with Gasteiger partial charge in [-0.3, -0.25) is 9.80 Å². The van der Waals surface area contributed by atoms with Gasteiger partial charge < -0.3 is 10.1 Å². The average Bonchev–Trinajstić information content (AvgIpc) is 2.70. The van der Waals surface area contributed by atoms with Crippen LogP contribution in [-0.2, 0) is 9.53 Å². The van der Waals surface area contributed by atoms with Crippen LogP contribution in [0.2, 0.25) is 0 Å². The Balaban J connectivity index is 1.96. The topological polar surface area (TPSA) is 53.9 Å². The van der Waals surface area contributed by atoms with Crippen molar-refractivity contribution in [3.63, 3.8) is 0 Å². The molecule has 5 nitrogen and oxygen atoms in total. The van der Waals surface area contributed by atoms with Gasteiger partial charge in [0.05, 0.1) is 32.0 Å². The number of benzene rings is 1. The smallest absolute Gasteiger partial charge is 0.276 e. The normalized spacial score (nSPS) is 21.1. The molecule has 1 fully saturated rings. The molecular formula is C13H15N3O2. The Morgan fingerprint density at radius 2 is 2.11 bits per heavy atom. The average molecular weight is 245 g/mol. The van der Waals surface area contributed by atoms with Crippen LogP contribution in [0.4, 0.5) is 5.69 Å². The minimum absolute atomic E-state index is 0.120. The summed E-state index contributed by atoms with van der Waals surface area (Å²) in [6.07, 6.45) is 0. The van der Waals surface area contributed by atoms with Gasteiger partial charge in [0.15, 0.2) is 5.71 Å². The predicted octanol–water partition coefficient (Wildman–Crippen LogP) is 0.983. The molecule has 1 aromatic carbocycles. The molecule has 1 N–H and O–H groups in total. The number of anilines is 1. The molecule has 18 heavy (non-hydrogen) atoms. The molecule has 5 heteroatoms. The van der Waals surface area contributed by atoms with Gasteiger partial charge in [-0.1, -0.05) is 18.2 Å². The number of morpholine rings is 1. The Morgan fingerprint density at radius 3 is 2.89 bits per heavy atom. The molecule has 2 aliphatic heterocycles. The third-order valence-corrected chi connectivity index (χ3v) is 3.21. The number of amides is 1. The number of nitrogens with one attached hydrogen (secondary N) is 1. The SMILES string of the molecule is Cc1cccc2c1NC(=O)/C2=N\N1CCOCC1. The lowest BCUT2D eigenvalue weighted by Crippen LogP contribution is -2.34. The number of hydrogen-bond acceptors (Lipinski definition) is 4. The molecule has 0 saturated carbocycles. The van der Waals surface area contributed by atoms with E-state index in [4.69, 9.17) is 4.74 Å². The maximum Gasteiger partial charge on any atom is 0.276 e. The zero-order valence-electron chi connectivity index (χ0n) is 10.3. The van der Waals surface area contributed by atoms with Crippen LogP contribution in [-0.4, -0.2) is 42.9 Å². The van der Waals surface area contributed by atoms with E-state index in [1.165, 1.54) is 0 Å². The van der Waals surface area contributed by atoms with E-state index in [0.717, 1.165) is 29.9 Å². The van der Waals surface area contributed by atoms with Crippen molar-refractivity contribution in [1.82, 2.24) is 5.01 Å². The zero-order valence-corrected chi connectivity index (χ0v) is 10.3. The van der Waals surface area contributed by atoms with Gasteiger partial charge in [-0.05, 0) is 12.5 Å². The summed E-state index contributed by atoms with van der Waals surface area (Å²) in [5.41, 5.74) is 3.35. The maximum absolute atomic E-state index is 12.0. The number of carbonyl (C=O) groups is 1. The largest absolute Gasteiger partial charge is 0.378 e. The van der Waals surface area contributed by atoms with Crippen molar-refractivity contribution in [1.29, 1.82) is 0 Å². The van der Waals surface area contributed by atoms with Crippen LogP contribution in [0, 0.1) is 6.92 Å². The summed E-state index contributed by atoms with van der Waals surface area (Å²) >= 11 is 0. The second-order valence-corrected chi connectivity index (χ2v) is 4.47. The van der Waals surface area contributed by atoms with Crippen LogP contribution in [0.15, 0.2) is 23.3 Å². The van der Waals surface area contributed by atoms with Crippen molar-refractivity contribution in [3.05, 3.63) is 29.3 Å². The summed E-state index contributed by atoms with van der Waals surface area (Å²) < 4.78 is 5.27. The predicted molar refractivity (Wildman–Crippen MR) is 68.7 cm³/mol. The number of ether oxygens (including phenoxy) is 1. The van der Waals surface area contributed by atoms with Gasteiger partial charge in [0.2, 0.25) is 0 Å². The molecule has 94 valence electrons. The van der Waals surface area contributed by atoms with E-state index >= 15 is 0 Å². The number of hydrazone groups is 1. The maximum atomic E-state index is 12.0. The number of hydrogen-bond donors (Lipinski definition) is 1. The van der Waals surface area contributed by atoms with Crippen LogP contribution < -0.4 is 5.32 Å². The Morgan fingerprint density at radius 1 is 1.33 bits per heavy atom. The van der Waals surface area contributed by atoms with E-state index in [-0.39, 0.29) is 5.91 Å². The van der Waals surface area contributed by atoms with E-state index in [2.05, 4.69) is 10.4 Å². The van der Waals surface area contributed by atoms with Crippen molar-refractivity contribution in [2.45, 2.75) is 6.92 Å². The van der Waals surface area contributed by atoms with Crippen LogP contribution in [0.3, 0.4) is 0 Å². The molecule has 1 aromatic rings. The highest BCUT2D eigenvalue weighted by Gasteiger charge is 2.28. The number of carbonyl (C=O) groups excluding carboxylic acids is 1. The molecule has 1 amide bonds. The van der Waals surface area contributed by atoms with Crippen molar-refractivity contribution >= 4 is 17.3 Å². The highest BCUT2D eigenvalue weighted by molar-refractivity contribution is 6.53. The quantitative estimate of drug-likeness (QED) is 0.802. The standard InChI is InChI=1S/C13H15N3O2/c1-9-3-2-4-10-11(9)14-13(17)12(10)15-16-5-7-18-8-6-16/h2-4H,5-8H2,1H3,(H,14,15,17). The molecule has 2 heterocycles. The summed E-state index contributed by atoms with van der Waals surface area (Å²) in [5.74, 6) is -0.120. The van der Waals surface area contributed by atoms with Gasteiger partial charge >= 0.3 is 0 Å². The first-order valence-corrected chi connectivity index (χ1v) is 6.08. The van der Waals surface area contributed by atoms with Crippen molar-refractivity contribution in [3.8, 4) is 0 Å². The minimum Gasteiger partial charge on any atom is -0.378 e. The fraction of sp³-hybridized carbons (Fsp3) is 0.385. The first-order chi connectivity index (χ1) is 8.75. The molecule has 3 rings (SSSR count). The Bertz CT molecular complexity index is 519.